The van der Waals surface area contributed by atoms with E-state index in [9.17, 15) is 24.9 Å². The molecule has 4 rings (SSSR count). The predicted octanol–water partition coefficient (Wildman–Crippen LogP) is 1.51. The molecule has 0 bridgehead atoms. The van der Waals surface area contributed by atoms with Gasteiger partial charge in [-0.25, -0.2) is 4.39 Å². The van der Waals surface area contributed by atoms with Gasteiger partial charge in [0.2, 0.25) is 0 Å². The molecule has 3 fully saturated rings. The molecular formula is C21H27FO5. The number of halogens is 1. The molecule has 0 aromatic heterocycles. The number of ketones is 2. The van der Waals surface area contributed by atoms with Crippen molar-refractivity contribution in [2.24, 2.45) is 28.6 Å². The summed E-state index contributed by atoms with van der Waals surface area (Å²) in [6.45, 7) is 2.92. The topological polar surface area (TPSA) is 94.8 Å². The third kappa shape index (κ3) is 2.26. The number of fused-ring (bicyclic) bond motifs is 5. The number of rotatable bonds is 2. The fraction of sp³-hybridized carbons (Fsp3) is 0.714. The van der Waals surface area contributed by atoms with Crippen LogP contribution in [0.3, 0.4) is 0 Å². The van der Waals surface area contributed by atoms with Gasteiger partial charge in [-0.3, -0.25) is 9.59 Å². The van der Waals surface area contributed by atoms with Gasteiger partial charge in [0.05, 0.1) is 6.10 Å². The Balaban J connectivity index is 1.78. The van der Waals surface area contributed by atoms with Gasteiger partial charge in [-0.05, 0) is 55.2 Å². The first-order valence-corrected chi connectivity index (χ1v) is 9.72. The summed E-state index contributed by atoms with van der Waals surface area (Å²) in [7, 11) is 0. The van der Waals surface area contributed by atoms with Crippen molar-refractivity contribution in [2.75, 3.05) is 6.61 Å². The van der Waals surface area contributed by atoms with Crippen LogP contribution in [-0.4, -0.2) is 51.4 Å². The van der Waals surface area contributed by atoms with Crippen molar-refractivity contribution < 1.29 is 29.3 Å². The second-order valence-corrected chi connectivity index (χ2v) is 9.29. The minimum Gasteiger partial charge on any atom is -0.393 e. The van der Waals surface area contributed by atoms with Crippen molar-refractivity contribution in [1.29, 1.82) is 0 Å². The maximum Gasteiger partial charge on any atom is 0.190 e. The highest BCUT2D eigenvalue weighted by Crippen LogP contribution is 2.67. The van der Waals surface area contributed by atoms with E-state index in [1.54, 1.807) is 13.0 Å². The molecular weight excluding hydrogens is 351 g/mol. The molecule has 0 spiro atoms. The molecule has 0 saturated heterocycles. The fourth-order valence-electron chi connectivity index (χ4n) is 6.93. The van der Waals surface area contributed by atoms with Gasteiger partial charge in [-0.1, -0.05) is 19.9 Å². The summed E-state index contributed by atoms with van der Waals surface area (Å²) in [6.07, 6.45) is 3.55. The van der Waals surface area contributed by atoms with E-state index in [1.807, 2.05) is 6.92 Å². The van der Waals surface area contributed by atoms with Crippen LogP contribution in [-0.2, 0) is 9.59 Å². The maximum atomic E-state index is 15.1. The summed E-state index contributed by atoms with van der Waals surface area (Å²) >= 11 is 0. The molecule has 0 heterocycles. The zero-order valence-corrected chi connectivity index (χ0v) is 15.7. The lowest BCUT2D eigenvalue weighted by Crippen LogP contribution is -2.62. The number of alkyl halides is 1. The van der Waals surface area contributed by atoms with Crippen LogP contribution in [0.4, 0.5) is 4.39 Å². The monoisotopic (exact) mass is 378 g/mol. The van der Waals surface area contributed by atoms with Gasteiger partial charge in [-0.15, -0.1) is 0 Å². The van der Waals surface area contributed by atoms with Crippen LogP contribution in [0.25, 0.3) is 0 Å². The average molecular weight is 378 g/mol. The SMILES string of the molecule is C[C@@]12C=CC(=O)C=C1[C@@H](F)C[C@H]1[C@@H]2[C@@H](O)C[C@]2(C)[C@@H]1CC[C@]2(O)C(=O)CO. The molecule has 3 N–H and O–H groups in total. The molecule has 0 unspecified atom stereocenters. The summed E-state index contributed by atoms with van der Waals surface area (Å²) in [5.41, 5.74) is -2.92. The molecule has 8 atom stereocenters. The van der Waals surface area contributed by atoms with Crippen molar-refractivity contribution >= 4 is 11.6 Å². The number of carbonyl (C=O) groups is 2. The number of hydrogen-bond donors (Lipinski definition) is 3. The molecule has 0 aliphatic heterocycles. The predicted molar refractivity (Wildman–Crippen MR) is 95.3 cm³/mol. The Hall–Kier alpha value is -1.37. The smallest absolute Gasteiger partial charge is 0.190 e. The van der Waals surface area contributed by atoms with Crippen LogP contribution < -0.4 is 0 Å². The van der Waals surface area contributed by atoms with E-state index in [-0.39, 0.29) is 42.8 Å². The lowest BCUT2D eigenvalue weighted by Gasteiger charge is -2.60. The molecule has 27 heavy (non-hydrogen) atoms. The van der Waals surface area contributed by atoms with Crippen LogP contribution in [0.2, 0.25) is 0 Å². The highest BCUT2D eigenvalue weighted by Gasteiger charge is 2.68. The second-order valence-electron chi connectivity index (χ2n) is 9.29. The van der Waals surface area contributed by atoms with E-state index in [4.69, 9.17) is 0 Å². The number of aliphatic hydroxyl groups excluding tert-OH is 2. The molecule has 0 aromatic rings. The van der Waals surface area contributed by atoms with E-state index in [0.717, 1.165) is 0 Å². The van der Waals surface area contributed by atoms with Gasteiger partial charge in [0, 0.05) is 16.7 Å². The van der Waals surface area contributed by atoms with E-state index in [1.165, 1.54) is 12.2 Å². The van der Waals surface area contributed by atoms with E-state index in [0.29, 0.717) is 12.0 Å². The van der Waals surface area contributed by atoms with Gasteiger partial charge in [0.15, 0.2) is 11.6 Å². The minimum atomic E-state index is -1.69. The third-order valence-corrected chi connectivity index (χ3v) is 8.23. The summed E-state index contributed by atoms with van der Waals surface area (Å²) in [5.74, 6) is -1.48. The zero-order valence-electron chi connectivity index (χ0n) is 15.7. The van der Waals surface area contributed by atoms with Crippen LogP contribution in [0.15, 0.2) is 23.8 Å². The summed E-state index contributed by atoms with van der Waals surface area (Å²) in [4.78, 5) is 24.1. The van der Waals surface area contributed by atoms with Crippen molar-refractivity contribution in [1.82, 2.24) is 0 Å². The quantitative estimate of drug-likeness (QED) is 0.677. The first-order valence-electron chi connectivity index (χ1n) is 9.72. The molecule has 0 radical (unpaired) electrons. The molecule has 4 aliphatic carbocycles. The van der Waals surface area contributed by atoms with Crippen LogP contribution in [0.1, 0.15) is 39.5 Å². The van der Waals surface area contributed by atoms with E-state index >= 15 is 4.39 Å². The Bertz CT molecular complexity index is 760. The maximum absolute atomic E-state index is 15.1. The number of hydrogen-bond acceptors (Lipinski definition) is 5. The van der Waals surface area contributed by atoms with Crippen LogP contribution in [0, 0.1) is 28.6 Å². The molecule has 0 amide bonds. The first kappa shape index (κ1) is 19.0. The molecule has 5 nitrogen and oxygen atoms in total. The summed E-state index contributed by atoms with van der Waals surface area (Å²) in [5, 5.41) is 31.6. The van der Waals surface area contributed by atoms with E-state index in [2.05, 4.69) is 0 Å². The van der Waals surface area contributed by atoms with Crippen LogP contribution in [0.5, 0.6) is 0 Å². The fourth-order valence-corrected chi connectivity index (χ4v) is 6.93. The Morgan fingerprint density at radius 2 is 2.07 bits per heavy atom. The Morgan fingerprint density at radius 1 is 1.37 bits per heavy atom. The zero-order chi connectivity index (χ0) is 19.8. The Kier molecular flexibility index (Phi) is 4.09. The van der Waals surface area contributed by atoms with Gasteiger partial charge in [0.25, 0.3) is 0 Å². The Morgan fingerprint density at radius 3 is 2.74 bits per heavy atom. The molecule has 148 valence electrons. The molecule has 0 aromatic carbocycles. The Labute approximate surface area is 158 Å². The van der Waals surface area contributed by atoms with Gasteiger partial charge in [-0.2, -0.15) is 0 Å². The normalized spacial score (nSPS) is 51.3. The molecule has 3 saturated carbocycles. The van der Waals surface area contributed by atoms with Crippen molar-refractivity contribution in [3.8, 4) is 0 Å². The first-order chi connectivity index (χ1) is 12.6. The average Bonchev–Trinajstić information content (AvgIpc) is 2.87. The summed E-state index contributed by atoms with van der Waals surface area (Å²) in [6, 6.07) is 0. The van der Waals surface area contributed by atoms with Crippen molar-refractivity contribution in [3.05, 3.63) is 23.8 Å². The van der Waals surface area contributed by atoms with Gasteiger partial charge < -0.3 is 15.3 Å². The highest BCUT2D eigenvalue weighted by atomic mass is 19.1. The largest absolute Gasteiger partial charge is 0.393 e. The van der Waals surface area contributed by atoms with E-state index < -0.39 is 41.1 Å². The molecule has 6 heteroatoms. The number of allylic oxidation sites excluding steroid dienone is 4. The number of carbonyl (C=O) groups excluding carboxylic acids is 2. The minimum absolute atomic E-state index is 0.131. The molecule has 4 aliphatic rings. The highest BCUT2D eigenvalue weighted by molar-refractivity contribution is 6.01. The van der Waals surface area contributed by atoms with Crippen molar-refractivity contribution in [3.63, 3.8) is 0 Å². The van der Waals surface area contributed by atoms with Crippen molar-refractivity contribution in [2.45, 2.75) is 57.4 Å². The van der Waals surface area contributed by atoms with Gasteiger partial charge >= 0.3 is 0 Å². The van der Waals surface area contributed by atoms with Gasteiger partial charge in [0.1, 0.15) is 18.4 Å². The third-order valence-electron chi connectivity index (χ3n) is 8.23. The van der Waals surface area contributed by atoms with Crippen LogP contribution >= 0.6 is 0 Å². The number of Topliss-reactive ketones (excluding diaryl/α,β-unsaturated/α-hetero) is 1. The lowest BCUT2D eigenvalue weighted by molar-refractivity contribution is -0.180. The lowest BCUT2D eigenvalue weighted by atomic mass is 9.46. The summed E-state index contributed by atoms with van der Waals surface area (Å²) < 4.78 is 15.1. The number of aliphatic hydroxyl groups is 3. The second kappa shape index (κ2) is 5.82. The standard InChI is InChI=1S/C21H27FO5/c1-19-5-3-11(24)7-14(19)15(22)8-12-13-4-6-21(27,17(26)10-23)20(13,2)9-16(25)18(12)19/h3,5,7,12-13,15-16,18,23,25,27H,4,6,8-10H2,1-2H3/t12-,13-,15+,16+,18-,19-,20-,21+/m1/s1.